The van der Waals surface area contributed by atoms with Crippen LogP contribution >= 0.6 is 0 Å². The number of amides is 1. The maximum atomic E-state index is 12.8. The van der Waals surface area contributed by atoms with E-state index in [-0.39, 0.29) is 12.2 Å². The third-order valence-corrected chi connectivity index (χ3v) is 5.28. The van der Waals surface area contributed by atoms with E-state index >= 15 is 0 Å². The van der Waals surface area contributed by atoms with Gasteiger partial charge in [0.1, 0.15) is 0 Å². The van der Waals surface area contributed by atoms with Crippen LogP contribution in [0.1, 0.15) is 79.1 Å². The largest absolute Gasteiger partial charge is 0.323 e. The van der Waals surface area contributed by atoms with E-state index in [9.17, 15) is 4.79 Å². The van der Waals surface area contributed by atoms with Crippen LogP contribution in [0.5, 0.6) is 0 Å². The van der Waals surface area contributed by atoms with Gasteiger partial charge in [-0.25, -0.2) is 0 Å². The van der Waals surface area contributed by atoms with Crippen molar-refractivity contribution in [1.82, 2.24) is 10.2 Å². The second-order valence-electron chi connectivity index (χ2n) is 7.49. The van der Waals surface area contributed by atoms with Gasteiger partial charge in [-0.3, -0.25) is 10.1 Å². The number of nitrogens with zero attached hydrogens (tertiary/aromatic N) is 1. The van der Waals surface area contributed by atoms with Crippen molar-refractivity contribution in [3.63, 3.8) is 0 Å². The predicted molar refractivity (Wildman–Crippen MR) is 88.0 cm³/mol. The summed E-state index contributed by atoms with van der Waals surface area (Å²) in [7, 11) is 0. The Bertz CT molecular complexity index is 340. The first-order chi connectivity index (χ1) is 10.1. The topological polar surface area (TPSA) is 32.3 Å². The minimum atomic E-state index is 0.0701. The first-order valence-electron chi connectivity index (χ1n) is 9.15. The lowest BCUT2D eigenvalue weighted by molar-refractivity contribution is -0.133. The van der Waals surface area contributed by atoms with Crippen LogP contribution in [0.15, 0.2) is 0 Å². The van der Waals surface area contributed by atoms with Crippen molar-refractivity contribution in [1.29, 1.82) is 0 Å². The van der Waals surface area contributed by atoms with Crippen molar-refractivity contribution >= 4 is 5.91 Å². The second-order valence-corrected chi connectivity index (χ2v) is 7.49. The fourth-order valence-corrected chi connectivity index (χ4v) is 4.16. The van der Waals surface area contributed by atoms with Crippen LogP contribution in [0.3, 0.4) is 0 Å². The minimum absolute atomic E-state index is 0.0701. The van der Waals surface area contributed by atoms with E-state index in [0.717, 1.165) is 25.2 Å². The molecule has 0 spiro atoms. The molecule has 0 aromatic carbocycles. The number of carbonyl (C=O) groups is 1. The molecule has 1 heterocycles. The van der Waals surface area contributed by atoms with Crippen molar-refractivity contribution in [2.75, 3.05) is 0 Å². The Morgan fingerprint density at radius 2 is 2.05 bits per heavy atom. The van der Waals surface area contributed by atoms with Crippen LogP contribution in [-0.4, -0.2) is 29.1 Å². The number of nitrogens with one attached hydrogen (secondary N) is 1. The molecule has 3 heteroatoms. The molecule has 2 rings (SSSR count). The van der Waals surface area contributed by atoms with E-state index in [4.69, 9.17) is 0 Å². The second kappa shape index (κ2) is 7.62. The lowest BCUT2D eigenvalue weighted by Gasteiger charge is -2.38. The van der Waals surface area contributed by atoms with Crippen molar-refractivity contribution in [2.45, 2.75) is 97.3 Å². The maximum Gasteiger partial charge on any atom is 0.241 e. The zero-order valence-corrected chi connectivity index (χ0v) is 14.4. The monoisotopic (exact) mass is 294 g/mol. The summed E-state index contributed by atoms with van der Waals surface area (Å²) in [6.45, 7) is 8.98. The van der Waals surface area contributed by atoms with Crippen molar-refractivity contribution in [2.24, 2.45) is 11.8 Å². The first-order valence-corrected chi connectivity index (χ1v) is 9.15. The van der Waals surface area contributed by atoms with E-state index in [2.05, 4.69) is 37.9 Å². The summed E-state index contributed by atoms with van der Waals surface area (Å²) in [5.74, 6) is 1.83. The van der Waals surface area contributed by atoms with Crippen molar-refractivity contribution in [3.8, 4) is 0 Å². The third-order valence-electron chi connectivity index (χ3n) is 5.28. The lowest BCUT2D eigenvalue weighted by Crippen LogP contribution is -2.47. The molecule has 1 aliphatic carbocycles. The number of carbonyl (C=O) groups excluding carboxylic acids is 1. The molecular weight excluding hydrogens is 260 g/mol. The van der Waals surface area contributed by atoms with Gasteiger partial charge in [-0.15, -0.1) is 0 Å². The molecule has 1 amide bonds. The van der Waals surface area contributed by atoms with Gasteiger partial charge in [-0.1, -0.05) is 53.4 Å². The number of rotatable bonds is 6. The fraction of sp³-hybridized carbons (Fsp3) is 0.944. The van der Waals surface area contributed by atoms with Gasteiger partial charge in [0, 0.05) is 6.04 Å². The Labute approximate surface area is 130 Å². The first kappa shape index (κ1) is 16.8. The summed E-state index contributed by atoms with van der Waals surface area (Å²) >= 11 is 0. The number of hydrogen-bond donors (Lipinski definition) is 1. The van der Waals surface area contributed by atoms with Crippen LogP contribution < -0.4 is 5.32 Å². The molecule has 4 unspecified atom stereocenters. The summed E-state index contributed by atoms with van der Waals surface area (Å²) in [5.41, 5.74) is 0. The SMILES string of the molecule is CCCC1NC(CC(C)C)N(C2CCCC(CC)C2)C1=O. The normalized spacial score (nSPS) is 34.0. The summed E-state index contributed by atoms with van der Waals surface area (Å²) in [6, 6.07) is 0.551. The van der Waals surface area contributed by atoms with Crippen LogP contribution in [0.2, 0.25) is 0 Å². The van der Waals surface area contributed by atoms with Crippen molar-refractivity contribution in [3.05, 3.63) is 0 Å². The van der Waals surface area contributed by atoms with Gasteiger partial charge < -0.3 is 4.90 Å². The summed E-state index contributed by atoms with van der Waals surface area (Å²) in [5, 5.41) is 3.63. The van der Waals surface area contributed by atoms with Crippen LogP contribution in [0.4, 0.5) is 0 Å². The molecule has 0 radical (unpaired) electrons. The Hall–Kier alpha value is -0.570. The van der Waals surface area contributed by atoms with Gasteiger partial charge in [0.15, 0.2) is 0 Å². The van der Waals surface area contributed by atoms with Gasteiger partial charge in [0.25, 0.3) is 0 Å². The molecule has 1 aliphatic heterocycles. The van der Waals surface area contributed by atoms with Gasteiger partial charge in [-0.2, -0.15) is 0 Å². The Balaban J connectivity index is 2.09. The highest BCUT2D eigenvalue weighted by molar-refractivity contribution is 5.84. The van der Waals surface area contributed by atoms with E-state index in [0.29, 0.717) is 17.9 Å². The highest BCUT2D eigenvalue weighted by Gasteiger charge is 2.42. The molecule has 3 nitrogen and oxygen atoms in total. The zero-order chi connectivity index (χ0) is 15.4. The average molecular weight is 294 g/mol. The molecule has 0 aromatic heterocycles. The molecule has 0 bridgehead atoms. The third kappa shape index (κ3) is 4.00. The quantitative estimate of drug-likeness (QED) is 0.805. The molecular formula is C18H34N2O. The maximum absolute atomic E-state index is 12.8. The predicted octanol–water partition coefficient (Wildman–Crippen LogP) is 3.93. The number of hydrogen-bond acceptors (Lipinski definition) is 2. The van der Waals surface area contributed by atoms with Crippen molar-refractivity contribution < 1.29 is 4.79 Å². The van der Waals surface area contributed by atoms with Gasteiger partial charge in [0.2, 0.25) is 5.91 Å². The lowest BCUT2D eigenvalue weighted by atomic mass is 9.83. The highest BCUT2D eigenvalue weighted by Crippen LogP contribution is 2.33. The highest BCUT2D eigenvalue weighted by atomic mass is 16.2. The summed E-state index contributed by atoms with van der Waals surface area (Å²) in [6.07, 6.45) is 9.75. The Morgan fingerprint density at radius 3 is 2.67 bits per heavy atom. The molecule has 0 aromatic rings. The van der Waals surface area contributed by atoms with Crippen LogP contribution in [-0.2, 0) is 4.79 Å². The Kier molecular flexibility index (Phi) is 6.09. The molecule has 1 saturated heterocycles. The van der Waals surface area contributed by atoms with Gasteiger partial charge in [0.05, 0.1) is 12.2 Å². The van der Waals surface area contributed by atoms with Gasteiger partial charge >= 0.3 is 0 Å². The molecule has 1 N–H and O–H groups in total. The Morgan fingerprint density at radius 1 is 1.29 bits per heavy atom. The molecule has 4 atom stereocenters. The van der Waals surface area contributed by atoms with Gasteiger partial charge in [-0.05, 0) is 37.5 Å². The molecule has 2 fully saturated rings. The average Bonchev–Trinajstić information content (AvgIpc) is 2.75. The molecule has 122 valence electrons. The standard InChI is InChI=1S/C18H34N2O/c1-5-8-16-18(21)20(17(19-16)11-13(3)4)15-10-7-9-14(6-2)12-15/h13-17,19H,5-12H2,1-4H3. The van der Waals surface area contributed by atoms with E-state index in [1.807, 2.05) is 0 Å². The summed E-state index contributed by atoms with van der Waals surface area (Å²) in [4.78, 5) is 15.1. The van der Waals surface area contributed by atoms with Crippen LogP contribution in [0.25, 0.3) is 0 Å². The molecule has 21 heavy (non-hydrogen) atoms. The van der Waals surface area contributed by atoms with E-state index < -0.39 is 0 Å². The molecule has 2 aliphatic rings. The van der Waals surface area contributed by atoms with E-state index in [1.54, 1.807) is 0 Å². The zero-order valence-electron chi connectivity index (χ0n) is 14.4. The molecule has 1 saturated carbocycles. The smallest absolute Gasteiger partial charge is 0.241 e. The van der Waals surface area contributed by atoms with Crippen LogP contribution in [0, 0.1) is 11.8 Å². The summed E-state index contributed by atoms with van der Waals surface area (Å²) < 4.78 is 0. The van der Waals surface area contributed by atoms with E-state index in [1.165, 1.54) is 32.1 Å². The minimum Gasteiger partial charge on any atom is -0.323 e. The fourth-order valence-electron chi connectivity index (χ4n) is 4.16.